The van der Waals surface area contributed by atoms with Gasteiger partial charge in [-0.3, -0.25) is 0 Å². The number of nitrogens with zero attached hydrogens (tertiary/aromatic N) is 3. The first kappa shape index (κ1) is 17.1. The van der Waals surface area contributed by atoms with Crippen LogP contribution in [0.25, 0.3) is 0 Å². The lowest BCUT2D eigenvalue weighted by Gasteiger charge is -2.22. The minimum atomic E-state index is -0.0693. The highest BCUT2D eigenvalue weighted by Gasteiger charge is 2.18. The first-order valence-corrected chi connectivity index (χ1v) is 7.60. The van der Waals surface area contributed by atoms with Crippen molar-refractivity contribution in [1.29, 1.82) is 0 Å². The molecule has 5 heteroatoms. The van der Waals surface area contributed by atoms with E-state index in [2.05, 4.69) is 35.6 Å². The molecule has 0 radical (unpaired) electrons. The number of aromatic nitrogens is 2. The van der Waals surface area contributed by atoms with E-state index in [1.807, 2.05) is 37.5 Å². The average molecular weight is 315 g/mol. The van der Waals surface area contributed by atoms with Gasteiger partial charge in [0.25, 0.3) is 0 Å². The normalized spacial score (nSPS) is 11.2. The lowest BCUT2D eigenvalue weighted by molar-refractivity contribution is 0.354. The predicted molar refractivity (Wildman–Crippen MR) is 92.4 cm³/mol. The Morgan fingerprint density at radius 2 is 1.74 bits per heavy atom. The molecule has 0 N–H and O–H groups in total. The molecule has 0 spiro atoms. The molecule has 0 atom stereocenters. The molecular weight excluding hydrogens is 290 g/mol. The molecule has 0 aliphatic heterocycles. The summed E-state index contributed by atoms with van der Waals surface area (Å²) in [5, 5.41) is 0. The monoisotopic (exact) mass is 315 g/mol. The molecule has 0 fully saturated rings. The number of anilines is 1. The van der Waals surface area contributed by atoms with Crippen molar-refractivity contribution in [2.24, 2.45) is 0 Å². The molecule has 1 heterocycles. The summed E-state index contributed by atoms with van der Waals surface area (Å²) in [7, 11) is 5.30. The van der Waals surface area contributed by atoms with Crippen molar-refractivity contribution in [3.8, 4) is 11.5 Å². The SMILES string of the molecule is COc1ccc(CN(C)c2ccnc(C(C)(C)C)n2)cc1OC. The van der Waals surface area contributed by atoms with E-state index in [1.54, 1.807) is 14.2 Å². The van der Waals surface area contributed by atoms with E-state index in [0.29, 0.717) is 0 Å². The number of methoxy groups -OCH3 is 2. The first-order chi connectivity index (χ1) is 10.8. The fourth-order valence-corrected chi connectivity index (χ4v) is 2.26. The van der Waals surface area contributed by atoms with Crippen LogP contribution in [-0.2, 0) is 12.0 Å². The van der Waals surface area contributed by atoms with Crippen molar-refractivity contribution in [3.63, 3.8) is 0 Å². The van der Waals surface area contributed by atoms with Crippen LogP contribution in [-0.4, -0.2) is 31.2 Å². The second-order valence-electron chi connectivity index (χ2n) is 6.53. The summed E-state index contributed by atoms with van der Waals surface area (Å²) >= 11 is 0. The summed E-state index contributed by atoms with van der Waals surface area (Å²) in [5.74, 6) is 3.21. The van der Waals surface area contributed by atoms with Crippen molar-refractivity contribution in [1.82, 2.24) is 9.97 Å². The summed E-state index contributed by atoms with van der Waals surface area (Å²) in [6, 6.07) is 7.86. The molecule has 0 amide bonds. The maximum atomic E-state index is 5.36. The van der Waals surface area contributed by atoms with E-state index in [4.69, 9.17) is 9.47 Å². The zero-order valence-electron chi connectivity index (χ0n) is 14.8. The molecule has 2 rings (SSSR count). The molecule has 0 saturated carbocycles. The van der Waals surface area contributed by atoms with Crippen LogP contribution in [0.2, 0.25) is 0 Å². The Kier molecular flexibility index (Phi) is 5.08. The van der Waals surface area contributed by atoms with Gasteiger partial charge in [-0.25, -0.2) is 9.97 Å². The molecule has 0 unspecified atom stereocenters. The Hall–Kier alpha value is -2.30. The molecule has 0 aliphatic rings. The predicted octanol–water partition coefficient (Wildman–Crippen LogP) is 3.43. The minimum Gasteiger partial charge on any atom is -0.493 e. The maximum absolute atomic E-state index is 5.36. The van der Waals surface area contributed by atoms with E-state index in [0.717, 1.165) is 35.2 Å². The van der Waals surface area contributed by atoms with Crippen LogP contribution < -0.4 is 14.4 Å². The Balaban J connectivity index is 2.21. The Bertz CT molecular complexity index is 666. The number of hydrogen-bond donors (Lipinski definition) is 0. The zero-order chi connectivity index (χ0) is 17.0. The third-order valence-electron chi connectivity index (χ3n) is 3.57. The largest absolute Gasteiger partial charge is 0.493 e. The number of ether oxygens (including phenoxy) is 2. The van der Waals surface area contributed by atoms with Gasteiger partial charge in [0.05, 0.1) is 14.2 Å². The van der Waals surface area contributed by atoms with Gasteiger partial charge < -0.3 is 14.4 Å². The summed E-state index contributed by atoms with van der Waals surface area (Å²) in [5.41, 5.74) is 1.06. The lowest BCUT2D eigenvalue weighted by Crippen LogP contribution is -2.21. The number of hydrogen-bond acceptors (Lipinski definition) is 5. The van der Waals surface area contributed by atoms with Crippen LogP contribution in [0.1, 0.15) is 32.2 Å². The van der Waals surface area contributed by atoms with E-state index < -0.39 is 0 Å². The second-order valence-corrected chi connectivity index (χ2v) is 6.53. The number of benzene rings is 1. The fraction of sp³-hybridized carbons (Fsp3) is 0.444. The standard InChI is InChI=1S/C18H25N3O2/c1-18(2,3)17-19-10-9-16(20-17)21(4)12-13-7-8-14(22-5)15(11-13)23-6/h7-11H,12H2,1-6H3. The van der Waals surface area contributed by atoms with Gasteiger partial charge in [0.1, 0.15) is 11.6 Å². The molecule has 1 aromatic carbocycles. The van der Waals surface area contributed by atoms with Gasteiger partial charge in [-0.2, -0.15) is 0 Å². The number of rotatable bonds is 5. The van der Waals surface area contributed by atoms with E-state index >= 15 is 0 Å². The average Bonchev–Trinajstić information content (AvgIpc) is 2.54. The van der Waals surface area contributed by atoms with Crippen molar-refractivity contribution >= 4 is 5.82 Å². The molecular formula is C18H25N3O2. The molecule has 1 aromatic heterocycles. The fourth-order valence-electron chi connectivity index (χ4n) is 2.26. The first-order valence-electron chi connectivity index (χ1n) is 7.60. The van der Waals surface area contributed by atoms with Crippen LogP contribution >= 0.6 is 0 Å². The summed E-state index contributed by atoms with van der Waals surface area (Å²) in [6.45, 7) is 7.06. The van der Waals surface area contributed by atoms with Crippen molar-refractivity contribution in [2.75, 3.05) is 26.2 Å². The van der Waals surface area contributed by atoms with E-state index in [1.165, 1.54) is 0 Å². The molecule has 0 bridgehead atoms. The third kappa shape index (κ3) is 4.12. The maximum Gasteiger partial charge on any atom is 0.161 e. The molecule has 23 heavy (non-hydrogen) atoms. The van der Waals surface area contributed by atoms with E-state index in [-0.39, 0.29) is 5.41 Å². The summed E-state index contributed by atoms with van der Waals surface area (Å²) in [6.07, 6.45) is 1.81. The highest BCUT2D eigenvalue weighted by molar-refractivity contribution is 5.45. The van der Waals surface area contributed by atoms with Gasteiger partial charge in [0.2, 0.25) is 0 Å². The van der Waals surface area contributed by atoms with Crippen LogP contribution in [0.15, 0.2) is 30.5 Å². The van der Waals surface area contributed by atoms with Gasteiger partial charge in [0, 0.05) is 25.2 Å². The summed E-state index contributed by atoms with van der Waals surface area (Å²) in [4.78, 5) is 11.1. The van der Waals surface area contributed by atoms with Crippen molar-refractivity contribution in [3.05, 3.63) is 41.9 Å². The topological polar surface area (TPSA) is 47.5 Å². The van der Waals surface area contributed by atoms with Crippen LogP contribution in [0.5, 0.6) is 11.5 Å². The van der Waals surface area contributed by atoms with Gasteiger partial charge in [-0.15, -0.1) is 0 Å². The molecule has 0 saturated heterocycles. The van der Waals surface area contributed by atoms with Crippen LogP contribution in [0.3, 0.4) is 0 Å². The summed E-state index contributed by atoms with van der Waals surface area (Å²) < 4.78 is 10.6. The van der Waals surface area contributed by atoms with Crippen LogP contribution in [0, 0.1) is 0 Å². The quantitative estimate of drug-likeness (QED) is 0.846. The van der Waals surface area contributed by atoms with Crippen molar-refractivity contribution in [2.45, 2.75) is 32.7 Å². The molecule has 0 aliphatic carbocycles. The molecule has 124 valence electrons. The molecule has 5 nitrogen and oxygen atoms in total. The highest BCUT2D eigenvalue weighted by atomic mass is 16.5. The highest BCUT2D eigenvalue weighted by Crippen LogP contribution is 2.28. The van der Waals surface area contributed by atoms with Crippen molar-refractivity contribution < 1.29 is 9.47 Å². The zero-order valence-corrected chi connectivity index (χ0v) is 14.8. The Morgan fingerprint density at radius 3 is 2.35 bits per heavy atom. The van der Waals surface area contributed by atoms with Gasteiger partial charge >= 0.3 is 0 Å². The molecule has 2 aromatic rings. The minimum absolute atomic E-state index is 0.0693. The third-order valence-corrected chi connectivity index (χ3v) is 3.57. The van der Waals surface area contributed by atoms with Gasteiger partial charge in [0.15, 0.2) is 11.5 Å². The van der Waals surface area contributed by atoms with Gasteiger partial charge in [-0.05, 0) is 23.8 Å². The Labute approximate surface area is 138 Å². The second kappa shape index (κ2) is 6.86. The van der Waals surface area contributed by atoms with E-state index in [9.17, 15) is 0 Å². The Morgan fingerprint density at radius 1 is 1.04 bits per heavy atom. The van der Waals surface area contributed by atoms with Crippen LogP contribution in [0.4, 0.5) is 5.82 Å². The van der Waals surface area contributed by atoms with Gasteiger partial charge in [-0.1, -0.05) is 26.8 Å². The smallest absolute Gasteiger partial charge is 0.161 e. The lowest BCUT2D eigenvalue weighted by atomic mass is 9.96.